The van der Waals surface area contributed by atoms with Gasteiger partial charge in [0.05, 0.1) is 0 Å². The molecule has 1 aliphatic heterocycles. The van der Waals surface area contributed by atoms with Crippen LogP contribution in [0.2, 0.25) is 0 Å². The molecule has 1 heterocycles. The van der Waals surface area contributed by atoms with Crippen LogP contribution in [0.15, 0.2) is 30.3 Å². The van der Waals surface area contributed by atoms with Crippen LogP contribution in [-0.2, 0) is 4.79 Å². The van der Waals surface area contributed by atoms with Crippen molar-refractivity contribution in [2.24, 2.45) is 5.92 Å². The van der Waals surface area contributed by atoms with Crippen molar-refractivity contribution in [3.05, 3.63) is 30.3 Å². The van der Waals surface area contributed by atoms with Crippen molar-refractivity contribution in [3.8, 4) is 5.75 Å². The van der Waals surface area contributed by atoms with Gasteiger partial charge in [0.1, 0.15) is 5.75 Å². The first-order valence-electron chi connectivity index (χ1n) is 8.47. The summed E-state index contributed by atoms with van der Waals surface area (Å²) in [6, 6.07) is 9.12. The average Bonchev–Trinajstić information content (AvgIpc) is 2.59. The predicted octanol–water partition coefficient (Wildman–Crippen LogP) is 3.20. The molecule has 1 aliphatic rings. The molecule has 5 nitrogen and oxygen atoms in total. The lowest BCUT2D eigenvalue weighted by molar-refractivity contribution is -0.121. The third-order valence-corrected chi connectivity index (χ3v) is 4.17. The monoisotopic (exact) mass is 318 g/mol. The summed E-state index contributed by atoms with van der Waals surface area (Å²) in [4.78, 5) is 25.5. The zero-order chi connectivity index (χ0) is 16.5. The van der Waals surface area contributed by atoms with Gasteiger partial charge in [0.15, 0.2) is 0 Å². The molecule has 0 bridgehead atoms. The first-order chi connectivity index (χ1) is 11.2. The highest BCUT2D eigenvalue weighted by Crippen LogP contribution is 2.18. The van der Waals surface area contributed by atoms with Crippen LogP contribution in [0.1, 0.15) is 39.0 Å². The Hall–Kier alpha value is -2.04. The number of hydrogen-bond donors (Lipinski definition) is 1. The maximum atomic E-state index is 12.1. The molecule has 2 rings (SSSR count). The number of rotatable bonds is 6. The summed E-state index contributed by atoms with van der Waals surface area (Å²) >= 11 is 0. The quantitative estimate of drug-likeness (QED) is 0.876. The minimum atomic E-state index is -0.290. The van der Waals surface area contributed by atoms with Crippen molar-refractivity contribution in [2.75, 3.05) is 19.6 Å². The minimum absolute atomic E-state index is 0.137. The number of piperidine rings is 1. The Labute approximate surface area is 138 Å². The van der Waals surface area contributed by atoms with Gasteiger partial charge in [0.2, 0.25) is 5.91 Å². The van der Waals surface area contributed by atoms with Crippen LogP contribution in [0.5, 0.6) is 5.75 Å². The van der Waals surface area contributed by atoms with Gasteiger partial charge in [0, 0.05) is 26.1 Å². The van der Waals surface area contributed by atoms with E-state index in [9.17, 15) is 9.59 Å². The lowest BCUT2D eigenvalue weighted by Crippen LogP contribution is -2.42. The van der Waals surface area contributed by atoms with Crippen LogP contribution in [0.3, 0.4) is 0 Å². The molecule has 2 amide bonds. The van der Waals surface area contributed by atoms with Crippen molar-refractivity contribution >= 4 is 12.0 Å². The van der Waals surface area contributed by atoms with Crippen LogP contribution < -0.4 is 10.1 Å². The van der Waals surface area contributed by atoms with Crippen LogP contribution in [-0.4, -0.2) is 36.5 Å². The van der Waals surface area contributed by atoms with Gasteiger partial charge in [-0.2, -0.15) is 0 Å². The molecule has 1 fully saturated rings. The lowest BCUT2D eigenvalue weighted by atomic mass is 9.97. The van der Waals surface area contributed by atoms with Gasteiger partial charge in [-0.3, -0.25) is 4.79 Å². The van der Waals surface area contributed by atoms with E-state index >= 15 is 0 Å². The Morgan fingerprint density at radius 1 is 1.22 bits per heavy atom. The maximum absolute atomic E-state index is 12.1. The molecule has 1 saturated heterocycles. The van der Waals surface area contributed by atoms with E-state index in [2.05, 4.69) is 12.2 Å². The number of nitrogens with one attached hydrogen (secondary N) is 1. The Kier molecular flexibility index (Phi) is 6.91. The number of amides is 2. The van der Waals surface area contributed by atoms with Gasteiger partial charge in [-0.15, -0.1) is 0 Å². The van der Waals surface area contributed by atoms with Crippen LogP contribution in [0.4, 0.5) is 4.79 Å². The van der Waals surface area contributed by atoms with Crippen molar-refractivity contribution in [3.63, 3.8) is 0 Å². The largest absolute Gasteiger partial charge is 0.415 e. The molecule has 23 heavy (non-hydrogen) atoms. The number of ether oxygens (including phenoxy) is 1. The topological polar surface area (TPSA) is 58.6 Å². The molecular formula is C18H26N2O3. The molecule has 0 spiro atoms. The number of para-hydroxylation sites is 1. The number of nitrogens with zero attached hydrogens (tertiary/aromatic N) is 1. The molecule has 126 valence electrons. The summed E-state index contributed by atoms with van der Waals surface area (Å²) in [5, 5.41) is 3.00. The van der Waals surface area contributed by atoms with Gasteiger partial charge in [-0.1, -0.05) is 31.5 Å². The number of unbranched alkanes of at least 4 members (excludes halogenated alkanes) is 1. The lowest BCUT2D eigenvalue weighted by Gasteiger charge is -2.31. The van der Waals surface area contributed by atoms with Gasteiger partial charge < -0.3 is 15.0 Å². The van der Waals surface area contributed by atoms with Gasteiger partial charge in [0.25, 0.3) is 0 Å². The Morgan fingerprint density at radius 2 is 1.91 bits per heavy atom. The summed E-state index contributed by atoms with van der Waals surface area (Å²) in [6.45, 7) is 4.16. The zero-order valence-electron chi connectivity index (χ0n) is 13.8. The van der Waals surface area contributed by atoms with E-state index < -0.39 is 0 Å². The molecule has 1 N–H and O–H groups in total. The molecule has 0 radical (unpaired) electrons. The van der Waals surface area contributed by atoms with Crippen molar-refractivity contribution in [1.29, 1.82) is 0 Å². The fraction of sp³-hybridized carbons (Fsp3) is 0.556. The highest BCUT2D eigenvalue weighted by molar-refractivity contribution is 5.75. The molecule has 1 aromatic rings. The Balaban J connectivity index is 1.67. The maximum Gasteiger partial charge on any atom is 0.415 e. The molecule has 1 aromatic carbocycles. The van der Waals surface area contributed by atoms with Gasteiger partial charge in [-0.05, 0) is 37.3 Å². The molecule has 0 aromatic heterocycles. The fourth-order valence-electron chi connectivity index (χ4n) is 2.66. The van der Waals surface area contributed by atoms with Gasteiger partial charge >= 0.3 is 6.09 Å². The molecule has 0 aliphatic carbocycles. The first-order valence-corrected chi connectivity index (χ1v) is 8.47. The summed E-state index contributed by atoms with van der Waals surface area (Å²) in [5.41, 5.74) is 0. The van der Waals surface area contributed by atoms with Crippen molar-refractivity contribution in [2.45, 2.75) is 39.0 Å². The summed E-state index contributed by atoms with van der Waals surface area (Å²) in [5.74, 6) is 1.15. The standard InChI is InChI=1S/C18H26N2O3/c1-2-3-9-17(21)19-14-15-10-12-20(13-11-15)18(22)23-16-7-5-4-6-8-16/h4-8,15H,2-3,9-14H2,1H3,(H,19,21). The van der Waals surface area contributed by atoms with Crippen LogP contribution >= 0.6 is 0 Å². The number of hydrogen-bond acceptors (Lipinski definition) is 3. The molecule has 0 saturated carbocycles. The third kappa shape index (κ3) is 5.93. The van der Waals surface area contributed by atoms with Crippen LogP contribution in [0.25, 0.3) is 0 Å². The van der Waals surface area contributed by atoms with E-state index in [0.717, 1.165) is 25.7 Å². The van der Waals surface area contributed by atoms with E-state index in [4.69, 9.17) is 4.74 Å². The first kappa shape index (κ1) is 17.3. The van der Waals surface area contributed by atoms with E-state index in [-0.39, 0.29) is 12.0 Å². The highest BCUT2D eigenvalue weighted by Gasteiger charge is 2.24. The SMILES string of the molecule is CCCCC(=O)NCC1CCN(C(=O)Oc2ccccc2)CC1. The third-order valence-electron chi connectivity index (χ3n) is 4.17. The van der Waals surface area contributed by atoms with Crippen LogP contribution in [0, 0.1) is 5.92 Å². The number of benzene rings is 1. The number of carbonyl (C=O) groups excluding carboxylic acids is 2. The zero-order valence-corrected chi connectivity index (χ0v) is 13.8. The second-order valence-corrected chi connectivity index (χ2v) is 6.02. The number of carbonyl (C=O) groups is 2. The Morgan fingerprint density at radius 3 is 2.57 bits per heavy atom. The second kappa shape index (κ2) is 9.18. The van der Waals surface area contributed by atoms with Gasteiger partial charge in [-0.25, -0.2) is 4.79 Å². The molecular weight excluding hydrogens is 292 g/mol. The molecule has 5 heteroatoms. The fourth-order valence-corrected chi connectivity index (χ4v) is 2.66. The number of likely N-dealkylation sites (tertiary alicyclic amines) is 1. The van der Waals surface area contributed by atoms with E-state index in [1.807, 2.05) is 18.2 Å². The van der Waals surface area contributed by atoms with E-state index in [0.29, 0.717) is 37.7 Å². The van der Waals surface area contributed by atoms with E-state index in [1.54, 1.807) is 17.0 Å². The predicted molar refractivity (Wildman–Crippen MR) is 89.3 cm³/mol. The smallest absolute Gasteiger partial charge is 0.410 e. The highest BCUT2D eigenvalue weighted by atomic mass is 16.6. The molecule has 0 atom stereocenters. The van der Waals surface area contributed by atoms with Crippen molar-refractivity contribution in [1.82, 2.24) is 10.2 Å². The Bertz CT molecular complexity index is 496. The molecule has 0 unspecified atom stereocenters. The normalized spacial score (nSPS) is 15.3. The summed E-state index contributed by atoms with van der Waals surface area (Å²) in [7, 11) is 0. The summed E-state index contributed by atoms with van der Waals surface area (Å²) in [6.07, 6.45) is 4.10. The summed E-state index contributed by atoms with van der Waals surface area (Å²) < 4.78 is 5.35. The second-order valence-electron chi connectivity index (χ2n) is 6.02. The van der Waals surface area contributed by atoms with Crippen molar-refractivity contribution < 1.29 is 14.3 Å². The minimum Gasteiger partial charge on any atom is -0.410 e. The average molecular weight is 318 g/mol. The van der Waals surface area contributed by atoms with E-state index in [1.165, 1.54) is 0 Å².